The fourth-order valence-corrected chi connectivity index (χ4v) is 3.59. The van der Waals surface area contributed by atoms with Gasteiger partial charge in [0, 0.05) is 18.6 Å². The minimum absolute atomic E-state index is 0.175. The van der Waals surface area contributed by atoms with Gasteiger partial charge in [-0.1, -0.05) is 36.4 Å². The highest BCUT2D eigenvalue weighted by Crippen LogP contribution is 2.26. The lowest BCUT2D eigenvalue weighted by atomic mass is 10.0. The summed E-state index contributed by atoms with van der Waals surface area (Å²) in [6, 6.07) is 14.6. The van der Waals surface area contributed by atoms with Gasteiger partial charge in [0.1, 0.15) is 11.2 Å². The normalized spacial score (nSPS) is 13.0. The number of para-hydroxylation sites is 1. The maximum absolute atomic E-state index is 13.5. The molecule has 0 saturated carbocycles. The van der Waals surface area contributed by atoms with E-state index in [1.807, 2.05) is 60.2 Å². The molecule has 3 aromatic heterocycles. The molecule has 0 spiro atoms. The summed E-state index contributed by atoms with van der Waals surface area (Å²) in [6.45, 7) is 0. The Morgan fingerprint density at radius 1 is 0.963 bits per heavy atom. The second kappa shape index (κ2) is 5.64. The van der Waals surface area contributed by atoms with Gasteiger partial charge in [-0.25, -0.2) is 4.98 Å². The number of aryl methyl sites for hydroxylation is 1. The van der Waals surface area contributed by atoms with Crippen molar-refractivity contribution in [3.8, 4) is 5.82 Å². The molecule has 3 heterocycles. The molecule has 0 N–H and O–H groups in total. The Morgan fingerprint density at radius 2 is 1.74 bits per heavy atom. The van der Waals surface area contributed by atoms with E-state index in [0.29, 0.717) is 16.7 Å². The predicted molar refractivity (Wildman–Crippen MR) is 107 cm³/mol. The summed E-state index contributed by atoms with van der Waals surface area (Å²) in [5, 5.41) is 0.710. The van der Waals surface area contributed by atoms with Crippen molar-refractivity contribution < 1.29 is 0 Å². The number of rotatable bonds is 2. The Kier molecular flexibility index (Phi) is 3.24. The Balaban J connectivity index is 2.02. The lowest BCUT2D eigenvalue weighted by molar-refractivity contribution is 0.922. The van der Waals surface area contributed by atoms with Crippen LogP contribution in [0, 0.1) is 0 Å². The van der Waals surface area contributed by atoms with Gasteiger partial charge in [0.2, 0.25) is 5.43 Å². The number of hydrogen-bond acceptors (Lipinski definition) is 3. The van der Waals surface area contributed by atoms with Crippen LogP contribution in [0.4, 0.5) is 0 Å². The number of fused-ring (bicyclic) bond motifs is 2. The van der Waals surface area contributed by atoms with Crippen molar-refractivity contribution in [2.24, 2.45) is 7.05 Å². The third-order valence-electron chi connectivity index (χ3n) is 5.01. The second-order valence-electron chi connectivity index (χ2n) is 6.50. The molecule has 5 heteroatoms. The molecule has 5 nitrogen and oxygen atoms in total. The van der Waals surface area contributed by atoms with Gasteiger partial charge in [-0.3, -0.25) is 14.2 Å². The number of allylic oxidation sites excluding steroid dienone is 4. The molecule has 130 valence electrons. The van der Waals surface area contributed by atoms with Gasteiger partial charge >= 0.3 is 0 Å². The zero-order valence-electron chi connectivity index (χ0n) is 14.6. The summed E-state index contributed by atoms with van der Waals surface area (Å²) in [5.74, 6) is 0.496. The van der Waals surface area contributed by atoms with Crippen LogP contribution in [0.1, 0.15) is 5.69 Å². The van der Waals surface area contributed by atoms with Crippen molar-refractivity contribution in [2.75, 3.05) is 0 Å². The van der Waals surface area contributed by atoms with Crippen molar-refractivity contribution in [1.82, 2.24) is 14.1 Å². The third kappa shape index (κ3) is 2.15. The molecule has 1 aliphatic carbocycles. The van der Waals surface area contributed by atoms with Crippen LogP contribution < -0.4 is 11.0 Å². The van der Waals surface area contributed by atoms with E-state index >= 15 is 0 Å². The number of hydrogen-bond donors (Lipinski definition) is 0. The maximum atomic E-state index is 13.5. The fourth-order valence-electron chi connectivity index (χ4n) is 3.59. The van der Waals surface area contributed by atoms with Crippen LogP contribution in [0.15, 0.2) is 82.5 Å². The first kappa shape index (κ1) is 15.5. The van der Waals surface area contributed by atoms with Crippen LogP contribution in [-0.4, -0.2) is 14.1 Å². The molecule has 5 rings (SSSR count). The van der Waals surface area contributed by atoms with Crippen LogP contribution in [0.25, 0.3) is 33.2 Å². The Hall–Kier alpha value is -3.73. The number of benzene rings is 1. The molecule has 0 radical (unpaired) electrons. The summed E-state index contributed by atoms with van der Waals surface area (Å²) in [7, 11) is 1.88. The molecule has 0 aliphatic heterocycles. The predicted octanol–water partition coefficient (Wildman–Crippen LogP) is 3.19. The van der Waals surface area contributed by atoms with Gasteiger partial charge in [-0.2, -0.15) is 0 Å². The zero-order valence-corrected chi connectivity index (χ0v) is 14.6. The fraction of sp³-hybridized carbons (Fsp3) is 0.0455. The van der Waals surface area contributed by atoms with E-state index < -0.39 is 0 Å². The van der Waals surface area contributed by atoms with Crippen molar-refractivity contribution >= 4 is 27.4 Å². The Bertz CT molecular complexity index is 1410. The van der Waals surface area contributed by atoms with E-state index in [0.717, 1.165) is 16.8 Å². The van der Waals surface area contributed by atoms with E-state index in [9.17, 15) is 9.59 Å². The molecular weight excluding hydrogens is 338 g/mol. The monoisotopic (exact) mass is 353 g/mol. The van der Waals surface area contributed by atoms with Crippen LogP contribution in [-0.2, 0) is 7.05 Å². The quantitative estimate of drug-likeness (QED) is 0.520. The third-order valence-corrected chi connectivity index (χ3v) is 5.01. The largest absolute Gasteiger partial charge is 0.343 e. The summed E-state index contributed by atoms with van der Waals surface area (Å²) < 4.78 is 3.43. The topological polar surface area (TPSA) is 56.9 Å². The van der Waals surface area contributed by atoms with Crippen molar-refractivity contribution in [3.05, 3.63) is 99.2 Å². The highest BCUT2D eigenvalue weighted by atomic mass is 16.1. The van der Waals surface area contributed by atoms with Crippen LogP contribution in [0.2, 0.25) is 0 Å². The lowest BCUT2D eigenvalue weighted by Gasteiger charge is -2.18. The standard InChI is InChI=1S/C22H15N3O2/c1-24-16-10-3-2-9-15(16)21(26)20-18(24)13-17(14-7-6-8-14)25(22(20)27)19-11-4-5-12-23-19/h2-13H,1H3. The van der Waals surface area contributed by atoms with Crippen molar-refractivity contribution in [2.45, 2.75) is 0 Å². The highest BCUT2D eigenvalue weighted by Gasteiger charge is 2.20. The van der Waals surface area contributed by atoms with E-state index in [4.69, 9.17) is 0 Å². The van der Waals surface area contributed by atoms with Gasteiger partial charge in [-0.05, 0) is 35.9 Å². The molecule has 0 saturated heterocycles. The van der Waals surface area contributed by atoms with E-state index in [2.05, 4.69) is 4.98 Å². The van der Waals surface area contributed by atoms with Crippen molar-refractivity contribution in [1.29, 1.82) is 0 Å². The molecule has 27 heavy (non-hydrogen) atoms. The molecule has 0 amide bonds. The molecular formula is C22H15N3O2. The van der Waals surface area contributed by atoms with E-state index in [1.165, 1.54) is 4.57 Å². The lowest BCUT2D eigenvalue weighted by Crippen LogP contribution is -2.28. The number of aromatic nitrogens is 3. The first-order valence-corrected chi connectivity index (χ1v) is 8.64. The van der Waals surface area contributed by atoms with Crippen molar-refractivity contribution in [3.63, 3.8) is 0 Å². The number of pyridine rings is 3. The van der Waals surface area contributed by atoms with Gasteiger partial charge < -0.3 is 4.57 Å². The minimum Gasteiger partial charge on any atom is -0.343 e. The minimum atomic E-state index is -0.353. The van der Waals surface area contributed by atoms with Gasteiger partial charge in [0.25, 0.3) is 5.56 Å². The summed E-state index contributed by atoms with van der Waals surface area (Å²) >= 11 is 0. The average molecular weight is 353 g/mol. The summed E-state index contributed by atoms with van der Waals surface area (Å²) in [6.07, 6.45) is 7.45. The Morgan fingerprint density at radius 3 is 2.44 bits per heavy atom. The number of nitrogens with zero attached hydrogens (tertiary/aromatic N) is 3. The highest BCUT2D eigenvalue weighted by molar-refractivity contribution is 5.95. The zero-order chi connectivity index (χ0) is 18.5. The van der Waals surface area contributed by atoms with Gasteiger partial charge in [0.15, 0.2) is 0 Å². The second-order valence-corrected chi connectivity index (χ2v) is 6.50. The maximum Gasteiger partial charge on any atom is 0.270 e. The van der Waals surface area contributed by atoms with E-state index in [-0.39, 0.29) is 16.4 Å². The molecule has 1 aliphatic rings. The van der Waals surface area contributed by atoms with Crippen LogP contribution in [0.3, 0.4) is 0 Å². The molecule has 1 aromatic carbocycles. The van der Waals surface area contributed by atoms with Crippen LogP contribution in [0.5, 0.6) is 0 Å². The molecule has 0 fully saturated rings. The van der Waals surface area contributed by atoms with Gasteiger partial charge in [0.05, 0.1) is 16.7 Å². The molecule has 4 aromatic rings. The molecule has 0 atom stereocenters. The summed E-state index contributed by atoms with van der Waals surface area (Å²) in [5.41, 5.74) is 2.47. The first-order chi connectivity index (χ1) is 13.2. The SMILES string of the molecule is Cn1c2ccccc2c(=O)c2c(=O)n(-c3ccccn3)c(C3=CC=C3)cc21. The molecule has 0 bridgehead atoms. The van der Waals surface area contributed by atoms with Crippen LogP contribution >= 0.6 is 0 Å². The Labute approximate surface area is 154 Å². The first-order valence-electron chi connectivity index (χ1n) is 8.64. The molecule has 0 unspecified atom stereocenters. The smallest absolute Gasteiger partial charge is 0.270 e. The summed E-state index contributed by atoms with van der Waals surface area (Å²) in [4.78, 5) is 30.9. The van der Waals surface area contributed by atoms with E-state index in [1.54, 1.807) is 24.4 Å². The average Bonchev–Trinajstić information content (AvgIpc) is 2.65. The van der Waals surface area contributed by atoms with Gasteiger partial charge in [-0.15, -0.1) is 0 Å².